The van der Waals surface area contributed by atoms with E-state index in [1.165, 1.54) is 161 Å². The van der Waals surface area contributed by atoms with Crippen LogP contribution < -0.4 is 4.89 Å². The van der Waals surface area contributed by atoms with Crippen molar-refractivity contribution in [1.29, 1.82) is 0 Å². The Bertz CT molecular complexity index is 1020. The maximum atomic E-state index is 12.7. The highest BCUT2D eigenvalue weighted by atomic mass is 31.2. The third kappa shape index (κ3) is 46.1. The number of allylic oxidation sites excluding steroid dienone is 2. The predicted octanol–water partition coefficient (Wildman–Crippen LogP) is 13.9. The molecule has 9 nitrogen and oxygen atoms in total. The molecule has 59 heavy (non-hydrogen) atoms. The average molecular weight is 858 g/mol. The summed E-state index contributed by atoms with van der Waals surface area (Å²) in [6.07, 6.45) is 45.2. The van der Waals surface area contributed by atoms with Gasteiger partial charge in [0, 0.05) is 12.8 Å². The Hall–Kier alpha value is -1.25. The predicted molar refractivity (Wildman–Crippen MR) is 245 cm³/mol. The number of carbonyl (C=O) groups is 2. The largest absolute Gasteiger partial charge is 0.756 e. The lowest BCUT2D eigenvalue weighted by Crippen LogP contribution is -2.37. The van der Waals surface area contributed by atoms with Crippen molar-refractivity contribution in [2.45, 2.75) is 245 Å². The molecular weight excluding hydrogens is 762 g/mol. The van der Waals surface area contributed by atoms with E-state index in [1.807, 2.05) is 21.1 Å². The van der Waals surface area contributed by atoms with Gasteiger partial charge in [0.15, 0.2) is 6.10 Å². The van der Waals surface area contributed by atoms with E-state index < -0.39 is 26.5 Å². The van der Waals surface area contributed by atoms with Gasteiger partial charge in [0.1, 0.15) is 19.8 Å². The van der Waals surface area contributed by atoms with Crippen LogP contribution in [0.1, 0.15) is 239 Å². The second-order valence-electron chi connectivity index (χ2n) is 18.2. The van der Waals surface area contributed by atoms with Crippen LogP contribution in [0, 0.1) is 0 Å². The molecular formula is C49H96NO8P. The Kier molecular flexibility index (Phi) is 41.2. The van der Waals surface area contributed by atoms with E-state index in [4.69, 9.17) is 18.5 Å². The van der Waals surface area contributed by atoms with Crippen LogP contribution in [0.2, 0.25) is 0 Å². The SMILES string of the molecule is CCCCCCCCC/C=C\CCCCCCCCCC(=O)OC(COC(=O)CCCCCCCCCCCCCCCCCCC)COP(=O)([O-])OCC[N+](C)(C)C. The van der Waals surface area contributed by atoms with Crippen LogP contribution in [-0.2, 0) is 32.7 Å². The highest BCUT2D eigenvalue weighted by Gasteiger charge is 2.21. The Morgan fingerprint density at radius 2 is 0.864 bits per heavy atom. The lowest BCUT2D eigenvalue weighted by atomic mass is 10.0. The summed E-state index contributed by atoms with van der Waals surface area (Å²) in [5.74, 6) is -0.825. The summed E-state index contributed by atoms with van der Waals surface area (Å²) in [4.78, 5) is 37.7. The molecule has 0 amide bonds. The summed E-state index contributed by atoms with van der Waals surface area (Å²) in [6, 6.07) is 0. The molecule has 10 heteroatoms. The summed E-state index contributed by atoms with van der Waals surface area (Å²) < 4.78 is 34.0. The number of phosphoric acid groups is 1. The first-order chi connectivity index (χ1) is 28.5. The first-order valence-corrected chi connectivity index (χ1v) is 26.4. The van der Waals surface area contributed by atoms with E-state index in [0.29, 0.717) is 17.4 Å². The van der Waals surface area contributed by atoms with Crippen molar-refractivity contribution in [3.05, 3.63) is 12.2 Å². The van der Waals surface area contributed by atoms with E-state index in [2.05, 4.69) is 26.0 Å². The number of likely N-dealkylation sites (N-methyl/N-ethyl adjacent to an activating group) is 1. The van der Waals surface area contributed by atoms with E-state index in [0.717, 1.165) is 44.9 Å². The van der Waals surface area contributed by atoms with Crippen LogP contribution in [0.25, 0.3) is 0 Å². The van der Waals surface area contributed by atoms with Crippen molar-refractivity contribution >= 4 is 19.8 Å². The molecule has 0 bridgehead atoms. The van der Waals surface area contributed by atoms with E-state index in [-0.39, 0.29) is 32.0 Å². The Morgan fingerprint density at radius 1 is 0.508 bits per heavy atom. The van der Waals surface area contributed by atoms with Gasteiger partial charge in [-0.15, -0.1) is 0 Å². The quantitative estimate of drug-likeness (QED) is 0.0196. The van der Waals surface area contributed by atoms with Crippen molar-refractivity contribution in [2.24, 2.45) is 0 Å². The van der Waals surface area contributed by atoms with Gasteiger partial charge >= 0.3 is 11.9 Å². The van der Waals surface area contributed by atoms with Crippen LogP contribution in [-0.4, -0.2) is 70.0 Å². The molecule has 0 aliphatic heterocycles. The number of phosphoric ester groups is 1. The van der Waals surface area contributed by atoms with Crippen LogP contribution in [0.5, 0.6) is 0 Å². The van der Waals surface area contributed by atoms with Crippen molar-refractivity contribution in [1.82, 2.24) is 0 Å². The van der Waals surface area contributed by atoms with Gasteiger partial charge in [-0.3, -0.25) is 14.2 Å². The molecule has 0 spiro atoms. The summed E-state index contributed by atoms with van der Waals surface area (Å²) in [6.45, 7) is 4.26. The number of unbranched alkanes of at least 4 members (excludes halogenated alkanes) is 30. The molecule has 0 aromatic heterocycles. The highest BCUT2D eigenvalue weighted by molar-refractivity contribution is 7.45. The number of hydrogen-bond acceptors (Lipinski definition) is 8. The number of hydrogen-bond donors (Lipinski definition) is 0. The van der Waals surface area contributed by atoms with Crippen LogP contribution in [0.15, 0.2) is 12.2 Å². The number of nitrogens with zero attached hydrogens (tertiary/aromatic N) is 1. The van der Waals surface area contributed by atoms with E-state index in [9.17, 15) is 19.0 Å². The molecule has 2 atom stereocenters. The Labute approximate surface area is 365 Å². The molecule has 0 aromatic carbocycles. The molecule has 0 heterocycles. The zero-order chi connectivity index (χ0) is 43.6. The molecule has 0 saturated heterocycles. The normalized spacial score (nSPS) is 13.5. The highest BCUT2D eigenvalue weighted by Crippen LogP contribution is 2.38. The third-order valence-corrected chi connectivity index (χ3v) is 12.0. The average Bonchev–Trinajstić information content (AvgIpc) is 3.19. The summed E-state index contributed by atoms with van der Waals surface area (Å²) >= 11 is 0. The fourth-order valence-electron chi connectivity index (χ4n) is 7.12. The fourth-order valence-corrected chi connectivity index (χ4v) is 7.85. The molecule has 0 aliphatic rings. The van der Waals surface area contributed by atoms with Gasteiger partial charge in [0.2, 0.25) is 0 Å². The Morgan fingerprint density at radius 3 is 1.25 bits per heavy atom. The van der Waals surface area contributed by atoms with Crippen molar-refractivity contribution in [3.63, 3.8) is 0 Å². The lowest BCUT2D eigenvalue weighted by molar-refractivity contribution is -0.870. The second kappa shape index (κ2) is 42.1. The van der Waals surface area contributed by atoms with Gasteiger partial charge in [-0.2, -0.15) is 0 Å². The van der Waals surface area contributed by atoms with Crippen molar-refractivity contribution in [2.75, 3.05) is 47.5 Å². The maximum absolute atomic E-state index is 12.7. The molecule has 0 aromatic rings. The molecule has 0 saturated carbocycles. The molecule has 0 aliphatic carbocycles. The standard InChI is InChI=1S/C49H96NO8P/c1-6-8-10-12-14-16-18-20-22-24-26-28-30-32-34-36-38-40-42-49(52)58-47(46-57-59(53,54)56-44-43-50(3,4)5)45-55-48(51)41-39-37-35-33-31-29-27-25-23-21-19-17-15-13-11-9-7-2/h22,24,47H,6-21,23,25-46H2,1-5H3/b24-22-. The zero-order valence-corrected chi connectivity index (χ0v) is 40.4. The summed E-state index contributed by atoms with van der Waals surface area (Å²) in [5.41, 5.74) is 0. The minimum atomic E-state index is -4.62. The van der Waals surface area contributed by atoms with Crippen molar-refractivity contribution < 1.29 is 42.1 Å². The number of esters is 2. The number of ether oxygens (including phenoxy) is 2. The molecule has 0 rings (SSSR count). The number of carbonyl (C=O) groups excluding carboxylic acids is 2. The van der Waals surface area contributed by atoms with Gasteiger partial charge in [-0.25, -0.2) is 0 Å². The van der Waals surface area contributed by atoms with Gasteiger partial charge in [-0.1, -0.05) is 199 Å². The summed E-state index contributed by atoms with van der Waals surface area (Å²) in [7, 11) is 1.18. The molecule has 0 N–H and O–H groups in total. The molecule has 0 radical (unpaired) electrons. The molecule has 2 unspecified atom stereocenters. The first kappa shape index (κ1) is 57.8. The van der Waals surface area contributed by atoms with Crippen LogP contribution >= 0.6 is 7.82 Å². The second-order valence-corrected chi connectivity index (χ2v) is 19.6. The van der Waals surface area contributed by atoms with Gasteiger partial charge < -0.3 is 27.9 Å². The third-order valence-electron chi connectivity index (χ3n) is 11.0. The monoisotopic (exact) mass is 858 g/mol. The van der Waals surface area contributed by atoms with Crippen molar-refractivity contribution in [3.8, 4) is 0 Å². The Balaban J connectivity index is 4.25. The first-order valence-electron chi connectivity index (χ1n) is 24.9. The smallest absolute Gasteiger partial charge is 0.306 e. The number of rotatable bonds is 46. The van der Waals surface area contributed by atoms with Crippen LogP contribution in [0.4, 0.5) is 0 Å². The lowest BCUT2D eigenvalue weighted by Gasteiger charge is -2.28. The minimum absolute atomic E-state index is 0.0283. The summed E-state index contributed by atoms with van der Waals surface area (Å²) in [5, 5.41) is 0. The van der Waals surface area contributed by atoms with Gasteiger partial charge in [0.25, 0.3) is 7.82 Å². The van der Waals surface area contributed by atoms with E-state index in [1.54, 1.807) is 0 Å². The number of quaternary nitrogens is 1. The van der Waals surface area contributed by atoms with Gasteiger partial charge in [0.05, 0.1) is 27.7 Å². The zero-order valence-electron chi connectivity index (χ0n) is 39.5. The molecule has 350 valence electrons. The van der Waals surface area contributed by atoms with Gasteiger partial charge in [-0.05, 0) is 38.5 Å². The maximum Gasteiger partial charge on any atom is 0.306 e. The van der Waals surface area contributed by atoms with Crippen LogP contribution in [0.3, 0.4) is 0 Å². The molecule has 0 fully saturated rings. The fraction of sp³-hybridized carbons (Fsp3) is 0.918. The minimum Gasteiger partial charge on any atom is -0.756 e. The topological polar surface area (TPSA) is 111 Å². The van der Waals surface area contributed by atoms with E-state index >= 15 is 0 Å².